The molecule has 24 heavy (non-hydrogen) atoms. The van der Waals surface area contributed by atoms with Crippen LogP contribution in [-0.2, 0) is 10.0 Å². The first-order chi connectivity index (χ1) is 11.4. The summed E-state index contributed by atoms with van der Waals surface area (Å²) in [5.41, 5.74) is 0.874. The highest BCUT2D eigenvalue weighted by Gasteiger charge is 2.24. The predicted molar refractivity (Wildman–Crippen MR) is 100 cm³/mol. The molecular weight excluding hydrogens is 434 g/mol. The van der Waals surface area contributed by atoms with Crippen molar-refractivity contribution < 1.29 is 8.42 Å². The minimum atomic E-state index is -3.71. The molecular formula is C15H11BrClN3O2S2. The maximum atomic E-state index is 12.6. The Morgan fingerprint density at radius 3 is 2.29 bits per heavy atom. The SMILES string of the molecule is CN(c1nnc(-c2ccc(Br)cc2)s1)S(=O)(=O)c1ccc(Cl)cc1. The van der Waals surface area contributed by atoms with E-state index in [1.54, 1.807) is 0 Å². The zero-order valence-corrected chi connectivity index (χ0v) is 16.3. The van der Waals surface area contributed by atoms with Gasteiger partial charge < -0.3 is 0 Å². The molecule has 9 heteroatoms. The van der Waals surface area contributed by atoms with E-state index in [1.807, 2.05) is 24.3 Å². The Kier molecular flexibility index (Phi) is 4.91. The van der Waals surface area contributed by atoms with Gasteiger partial charge in [-0.15, -0.1) is 10.2 Å². The molecule has 5 nitrogen and oxygen atoms in total. The quantitative estimate of drug-likeness (QED) is 0.596. The van der Waals surface area contributed by atoms with Crippen LogP contribution in [0.5, 0.6) is 0 Å². The molecule has 3 aromatic rings. The molecule has 0 amide bonds. The van der Waals surface area contributed by atoms with Crippen LogP contribution in [0.1, 0.15) is 0 Å². The van der Waals surface area contributed by atoms with Crippen LogP contribution in [0.25, 0.3) is 10.6 Å². The molecule has 0 bridgehead atoms. The van der Waals surface area contributed by atoms with Crippen LogP contribution in [0.3, 0.4) is 0 Å². The first kappa shape index (κ1) is 17.3. The molecule has 0 radical (unpaired) electrons. The van der Waals surface area contributed by atoms with Gasteiger partial charge in [0.15, 0.2) is 0 Å². The summed E-state index contributed by atoms with van der Waals surface area (Å²) < 4.78 is 27.4. The largest absolute Gasteiger partial charge is 0.265 e. The Balaban J connectivity index is 1.91. The van der Waals surface area contributed by atoms with Crippen LogP contribution in [0.4, 0.5) is 5.13 Å². The summed E-state index contributed by atoms with van der Waals surface area (Å²) in [4.78, 5) is 0.148. The highest BCUT2D eigenvalue weighted by atomic mass is 79.9. The van der Waals surface area contributed by atoms with Crippen molar-refractivity contribution in [2.24, 2.45) is 0 Å². The molecule has 0 aliphatic heterocycles. The Morgan fingerprint density at radius 2 is 1.67 bits per heavy atom. The first-order valence-electron chi connectivity index (χ1n) is 6.72. The maximum Gasteiger partial charge on any atom is 0.265 e. The molecule has 2 aromatic carbocycles. The number of halogens is 2. The maximum absolute atomic E-state index is 12.6. The molecule has 0 unspecified atom stereocenters. The molecule has 1 heterocycles. The fraction of sp³-hybridized carbons (Fsp3) is 0.0667. The van der Waals surface area contributed by atoms with Crippen molar-refractivity contribution >= 4 is 54.0 Å². The van der Waals surface area contributed by atoms with Gasteiger partial charge >= 0.3 is 0 Å². The highest BCUT2D eigenvalue weighted by molar-refractivity contribution is 9.10. The van der Waals surface area contributed by atoms with Gasteiger partial charge in [-0.25, -0.2) is 12.7 Å². The van der Waals surface area contributed by atoms with E-state index < -0.39 is 10.0 Å². The molecule has 0 fully saturated rings. The van der Waals surface area contributed by atoms with Crippen molar-refractivity contribution in [3.63, 3.8) is 0 Å². The third kappa shape index (κ3) is 3.46. The number of nitrogens with zero attached hydrogens (tertiary/aromatic N) is 3. The lowest BCUT2D eigenvalue weighted by Gasteiger charge is -2.15. The van der Waals surface area contributed by atoms with Gasteiger partial charge in [0.25, 0.3) is 10.0 Å². The number of rotatable bonds is 4. The second-order valence-corrected chi connectivity index (χ2v) is 9.10. The lowest BCUT2D eigenvalue weighted by atomic mass is 10.2. The van der Waals surface area contributed by atoms with E-state index in [2.05, 4.69) is 26.1 Å². The van der Waals surface area contributed by atoms with Gasteiger partial charge in [0.05, 0.1) is 4.90 Å². The van der Waals surface area contributed by atoms with Gasteiger partial charge in [0.2, 0.25) is 5.13 Å². The summed E-state index contributed by atoms with van der Waals surface area (Å²) in [6.07, 6.45) is 0. The van der Waals surface area contributed by atoms with Crippen molar-refractivity contribution in [1.29, 1.82) is 0 Å². The third-order valence-corrected chi connectivity index (χ3v) is 6.95. The standard InChI is InChI=1S/C15H11BrClN3O2S2/c1-20(24(21,22)13-8-6-12(17)7-9-13)15-19-18-14(23-15)10-2-4-11(16)5-3-10/h2-9H,1H3. The topological polar surface area (TPSA) is 63.2 Å². The number of sulfonamides is 1. The minimum absolute atomic E-state index is 0.148. The highest BCUT2D eigenvalue weighted by Crippen LogP contribution is 2.31. The average Bonchev–Trinajstić information content (AvgIpc) is 3.05. The molecule has 0 aliphatic carbocycles. The van der Waals surface area contributed by atoms with E-state index >= 15 is 0 Å². The fourth-order valence-electron chi connectivity index (χ4n) is 1.92. The molecule has 0 spiro atoms. The Hall–Kier alpha value is -1.48. The molecule has 0 atom stereocenters. The van der Waals surface area contributed by atoms with Gasteiger partial charge in [-0.1, -0.05) is 51.0 Å². The van der Waals surface area contributed by atoms with E-state index in [-0.39, 0.29) is 4.90 Å². The van der Waals surface area contributed by atoms with Crippen LogP contribution in [0.2, 0.25) is 5.02 Å². The summed E-state index contributed by atoms with van der Waals surface area (Å²) in [7, 11) is -2.26. The Labute approximate surface area is 157 Å². The zero-order chi connectivity index (χ0) is 17.3. The summed E-state index contributed by atoms with van der Waals surface area (Å²) >= 11 is 10.4. The van der Waals surface area contributed by atoms with E-state index in [4.69, 9.17) is 11.6 Å². The van der Waals surface area contributed by atoms with Crippen molar-refractivity contribution in [3.8, 4) is 10.6 Å². The number of hydrogen-bond acceptors (Lipinski definition) is 5. The van der Waals surface area contributed by atoms with Crippen molar-refractivity contribution in [2.75, 3.05) is 11.4 Å². The first-order valence-corrected chi connectivity index (χ1v) is 10.1. The summed E-state index contributed by atoms with van der Waals surface area (Å²) in [5, 5.41) is 9.51. The third-order valence-electron chi connectivity index (χ3n) is 3.25. The second-order valence-electron chi connectivity index (χ2n) is 4.82. The van der Waals surface area contributed by atoms with Gasteiger partial charge in [-0.2, -0.15) is 0 Å². The molecule has 0 aliphatic rings. The predicted octanol–water partition coefficient (Wildman–Crippen LogP) is 4.45. The van der Waals surface area contributed by atoms with E-state index in [0.717, 1.165) is 14.3 Å². The van der Waals surface area contributed by atoms with Gasteiger partial charge in [0, 0.05) is 22.1 Å². The molecule has 0 N–H and O–H groups in total. The number of hydrogen-bond donors (Lipinski definition) is 0. The van der Waals surface area contributed by atoms with Crippen LogP contribution >= 0.6 is 38.9 Å². The van der Waals surface area contributed by atoms with Crippen LogP contribution in [-0.4, -0.2) is 25.7 Å². The summed E-state index contributed by atoms with van der Waals surface area (Å²) in [6.45, 7) is 0. The molecule has 1 aromatic heterocycles. The Morgan fingerprint density at radius 1 is 1.04 bits per heavy atom. The number of benzene rings is 2. The normalized spacial score (nSPS) is 11.5. The molecule has 0 saturated carbocycles. The fourth-order valence-corrected chi connectivity index (χ4v) is 4.47. The molecule has 124 valence electrons. The van der Waals surface area contributed by atoms with Crippen LogP contribution in [0.15, 0.2) is 57.9 Å². The molecule has 0 saturated heterocycles. The summed E-state index contributed by atoms with van der Waals surface area (Å²) in [6, 6.07) is 13.6. The van der Waals surface area contributed by atoms with Gasteiger partial charge in [-0.05, 0) is 36.4 Å². The summed E-state index contributed by atoms with van der Waals surface area (Å²) in [5.74, 6) is 0. The lowest BCUT2D eigenvalue weighted by molar-refractivity contribution is 0.594. The lowest BCUT2D eigenvalue weighted by Crippen LogP contribution is -2.26. The smallest absolute Gasteiger partial charge is 0.243 e. The van der Waals surface area contributed by atoms with E-state index in [9.17, 15) is 8.42 Å². The van der Waals surface area contributed by atoms with Crippen molar-refractivity contribution in [1.82, 2.24) is 10.2 Å². The van der Waals surface area contributed by atoms with Gasteiger partial charge in [-0.3, -0.25) is 0 Å². The van der Waals surface area contributed by atoms with Crippen molar-refractivity contribution in [2.45, 2.75) is 4.90 Å². The zero-order valence-electron chi connectivity index (χ0n) is 12.3. The van der Waals surface area contributed by atoms with E-state index in [1.165, 1.54) is 42.6 Å². The van der Waals surface area contributed by atoms with E-state index in [0.29, 0.717) is 15.2 Å². The number of anilines is 1. The average molecular weight is 445 g/mol. The van der Waals surface area contributed by atoms with Crippen LogP contribution in [0, 0.1) is 0 Å². The Bertz CT molecular complexity index is 957. The second kappa shape index (κ2) is 6.79. The monoisotopic (exact) mass is 443 g/mol. The molecule has 3 rings (SSSR count). The van der Waals surface area contributed by atoms with Gasteiger partial charge in [0.1, 0.15) is 5.01 Å². The minimum Gasteiger partial charge on any atom is -0.243 e. The van der Waals surface area contributed by atoms with Crippen molar-refractivity contribution in [3.05, 3.63) is 58.0 Å². The number of aromatic nitrogens is 2. The van der Waals surface area contributed by atoms with Crippen LogP contribution < -0.4 is 4.31 Å².